The first-order chi connectivity index (χ1) is 9.15. The van der Waals surface area contributed by atoms with Crippen LogP contribution >= 0.6 is 0 Å². The Morgan fingerprint density at radius 2 is 2.16 bits per heavy atom. The van der Waals surface area contributed by atoms with E-state index in [1.807, 2.05) is 0 Å². The first-order valence-electron chi connectivity index (χ1n) is 6.54. The van der Waals surface area contributed by atoms with Gasteiger partial charge in [0.25, 0.3) is 5.91 Å². The van der Waals surface area contributed by atoms with Gasteiger partial charge < -0.3 is 15.1 Å². The van der Waals surface area contributed by atoms with Crippen LogP contribution in [0.1, 0.15) is 36.0 Å². The van der Waals surface area contributed by atoms with Crippen molar-refractivity contribution in [2.45, 2.75) is 31.7 Å². The highest BCUT2D eigenvalue weighted by Crippen LogP contribution is 2.29. The zero-order chi connectivity index (χ0) is 13.8. The average Bonchev–Trinajstić information content (AvgIpc) is 2.31. The Morgan fingerprint density at radius 3 is 2.68 bits per heavy atom. The number of hydrogen-bond donors (Lipinski definition) is 2. The molecule has 0 radical (unpaired) electrons. The summed E-state index contributed by atoms with van der Waals surface area (Å²) in [6, 6.07) is 3.93. The van der Waals surface area contributed by atoms with Gasteiger partial charge in [-0.2, -0.15) is 0 Å². The van der Waals surface area contributed by atoms with Crippen molar-refractivity contribution in [3.63, 3.8) is 0 Å². The lowest BCUT2D eigenvalue weighted by atomic mass is 9.90. The molecule has 0 heterocycles. The fraction of sp³-hybridized carbons (Fsp3) is 0.500. The topological polar surface area (TPSA) is 60.8 Å². The monoisotopic (exact) mass is 267 g/mol. The third-order valence-corrected chi connectivity index (χ3v) is 3.54. The number of rotatable bonds is 5. The molecule has 0 unspecified atom stereocenters. The Labute approximate surface area is 111 Å². The number of aromatic hydroxyl groups is 1. The van der Waals surface area contributed by atoms with Gasteiger partial charge in [0.15, 0.2) is 0 Å². The molecule has 0 aromatic heterocycles. The Bertz CT molecular complexity index is 440. The Morgan fingerprint density at radius 1 is 1.42 bits per heavy atom. The number of halogens is 1. The van der Waals surface area contributed by atoms with E-state index in [1.54, 1.807) is 4.90 Å². The molecule has 0 aliphatic heterocycles. The Balaban J connectivity index is 2.22. The van der Waals surface area contributed by atoms with Gasteiger partial charge in [0, 0.05) is 19.2 Å². The number of aliphatic hydroxyl groups is 1. The van der Waals surface area contributed by atoms with E-state index < -0.39 is 11.7 Å². The van der Waals surface area contributed by atoms with Gasteiger partial charge in [0.2, 0.25) is 0 Å². The van der Waals surface area contributed by atoms with Crippen molar-refractivity contribution < 1.29 is 19.4 Å². The molecule has 4 nitrogen and oxygen atoms in total. The van der Waals surface area contributed by atoms with Crippen molar-refractivity contribution in [1.29, 1.82) is 0 Å². The fourth-order valence-corrected chi connectivity index (χ4v) is 2.26. The average molecular weight is 267 g/mol. The smallest absolute Gasteiger partial charge is 0.260 e. The molecule has 5 heteroatoms. The summed E-state index contributed by atoms with van der Waals surface area (Å²) in [7, 11) is 0. The number of aliphatic hydroxyl groups excluding tert-OH is 1. The molecule has 19 heavy (non-hydrogen) atoms. The molecule has 0 spiro atoms. The zero-order valence-corrected chi connectivity index (χ0v) is 10.7. The molecule has 0 saturated heterocycles. The molecule has 1 amide bonds. The Kier molecular flexibility index (Phi) is 4.37. The van der Waals surface area contributed by atoms with Gasteiger partial charge in [-0.05, 0) is 37.8 Å². The van der Waals surface area contributed by atoms with Gasteiger partial charge in [-0.1, -0.05) is 6.07 Å². The van der Waals surface area contributed by atoms with E-state index in [9.17, 15) is 14.3 Å². The molecule has 0 atom stereocenters. The maximum Gasteiger partial charge on any atom is 0.260 e. The first kappa shape index (κ1) is 13.8. The van der Waals surface area contributed by atoms with Crippen LogP contribution in [0.5, 0.6) is 5.75 Å². The molecular formula is C14H18FNO3. The fourth-order valence-electron chi connectivity index (χ4n) is 2.26. The van der Waals surface area contributed by atoms with Gasteiger partial charge in [0.1, 0.15) is 17.1 Å². The molecule has 2 N–H and O–H groups in total. The molecule has 1 saturated carbocycles. The second-order valence-corrected chi connectivity index (χ2v) is 4.79. The number of carbonyl (C=O) groups excluding carboxylic acids is 1. The molecule has 1 aromatic rings. The van der Waals surface area contributed by atoms with E-state index in [1.165, 1.54) is 12.1 Å². The van der Waals surface area contributed by atoms with Crippen LogP contribution in [0.2, 0.25) is 0 Å². The molecule has 1 aromatic carbocycles. The van der Waals surface area contributed by atoms with Gasteiger partial charge in [-0.15, -0.1) is 0 Å². The summed E-state index contributed by atoms with van der Waals surface area (Å²) in [6.45, 7) is 0.369. The maximum atomic E-state index is 13.7. The molecule has 0 bridgehead atoms. The van der Waals surface area contributed by atoms with Gasteiger partial charge in [-0.3, -0.25) is 4.79 Å². The van der Waals surface area contributed by atoms with E-state index in [0.717, 1.165) is 25.3 Å². The second-order valence-electron chi connectivity index (χ2n) is 4.79. The number of amides is 1. The quantitative estimate of drug-likeness (QED) is 0.856. The lowest BCUT2D eigenvalue weighted by molar-refractivity contribution is 0.0554. The molecule has 104 valence electrons. The summed E-state index contributed by atoms with van der Waals surface area (Å²) in [4.78, 5) is 13.9. The van der Waals surface area contributed by atoms with Crippen LogP contribution < -0.4 is 0 Å². The minimum atomic E-state index is -0.710. The summed E-state index contributed by atoms with van der Waals surface area (Å²) in [5.41, 5.74) is -0.271. The number of carbonyl (C=O) groups is 1. The van der Waals surface area contributed by atoms with Crippen molar-refractivity contribution >= 4 is 5.91 Å². The second kappa shape index (κ2) is 6.02. The van der Waals surface area contributed by atoms with Crippen LogP contribution in [-0.4, -0.2) is 40.2 Å². The lowest BCUT2D eigenvalue weighted by Crippen LogP contribution is -2.45. The summed E-state index contributed by atoms with van der Waals surface area (Å²) in [6.07, 6.45) is 3.30. The highest BCUT2D eigenvalue weighted by molar-refractivity contribution is 5.97. The van der Waals surface area contributed by atoms with E-state index >= 15 is 0 Å². The standard InChI is InChI=1S/C14H18FNO3/c15-11-6-2-7-12(18)13(11)14(19)16(8-3-9-17)10-4-1-5-10/h2,6-7,10,17-18H,1,3-5,8-9H2. The minimum absolute atomic E-state index is 0.0141. The third-order valence-electron chi connectivity index (χ3n) is 3.54. The minimum Gasteiger partial charge on any atom is -0.507 e. The van der Waals surface area contributed by atoms with E-state index in [0.29, 0.717) is 13.0 Å². The number of benzene rings is 1. The number of nitrogens with zero attached hydrogens (tertiary/aromatic N) is 1. The van der Waals surface area contributed by atoms with E-state index in [2.05, 4.69) is 0 Å². The predicted octanol–water partition coefficient (Wildman–Crippen LogP) is 1.91. The van der Waals surface area contributed by atoms with Crippen molar-refractivity contribution in [2.24, 2.45) is 0 Å². The Hall–Kier alpha value is -1.62. The highest BCUT2D eigenvalue weighted by atomic mass is 19.1. The number of phenols is 1. The summed E-state index contributed by atoms with van der Waals surface area (Å²) < 4.78 is 13.7. The normalized spacial score (nSPS) is 15.1. The largest absolute Gasteiger partial charge is 0.507 e. The number of hydrogen-bond acceptors (Lipinski definition) is 3. The van der Waals surface area contributed by atoms with Crippen LogP contribution in [0.25, 0.3) is 0 Å². The SMILES string of the molecule is O=C(c1c(O)cccc1F)N(CCCO)C1CCC1. The third kappa shape index (κ3) is 2.87. The van der Waals surface area contributed by atoms with Crippen molar-refractivity contribution in [3.05, 3.63) is 29.6 Å². The van der Waals surface area contributed by atoms with E-state index in [4.69, 9.17) is 5.11 Å². The van der Waals surface area contributed by atoms with Crippen LogP contribution in [0.15, 0.2) is 18.2 Å². The zero-order valence-electron chi connectivity index (χ0n) is 10.7. The molecule has 1 aliphatic rings. The highest BCUT2D eigenvalue weighted by Gasteiger charge is 2.31. The predicted molar refractivity (Wildman–Crippen MR) is 68.4 cm³/mol. The van der Waals surface area contributed by atoms with Gasteiger partial charge >= 0.3 is 0 Å². The van der Waals surface area contributed by atoms with Crippen molar-refractivity contribution in [3.8, 4) is 5.75 Å². The lowest BCUT2D eigenvalue weighted by Gasteiger charge is -2.37. The molecular weight excluding hydrogens is 249 g/mol. The van der Waals surface area contributed by atoms with Crippen molar-refractivity contribution in [2.75, 3.05) is 13.2 Å². The van der Waals surface area contributed by atoms with Crippen LogP contribution in [0, 0.1) is 5.82 Å². The number of phenolic OH excluding ortho intramolecular Hbond substituents is 1. The first-order valence-corrected chi connectivity index (χ1v) is 6.54. The summed E-state index contributed by atoms with van der Waals surface area (Å²) in [5.74, 6) is -1.54. The maximum absolute atomic E-state index is 13.7. The van der Waals surface area contributed by atoms with Crippen LogP contribution in [-0.2, 0) is 0 Å². The van der Waals surface area contributed by atoms with Gasteiger partial charge in [0.05, 0.1) is 0 Å². The molecule has 1 fully saturated rings. The van der Waals surface area contributed by atoms with Crippen LogP contribution in [0.3, 0.4) is 0 Å². The van der Waals surface area contributed by atoms with Crippen LogP contribution in [0.4, 0.5) is 4.39 Å². The van der Waals surface area contributed by atoms with Gasteiger partial charge in [-0.25, -0.2) is 4.39 Å². The summed E-state index contributed by atoms with van der Waals surface area (Å²) in [5, 5.41) is 18.6. The van der Waals surface area contributed by atoms with Crippen molar-refractivity contribution in [1.82, 2.24) is 4.90 Å². The van der Waals surface area contributed by atoms with E-state index in [-0.39, 0.29) is 24.0 Å². The molecule has 1 aliphatic carbocycles. The molecule has 2 rings (SSSR count). The summed E-state index contributed by atoms with van der Waals surface area (Å²) >= 11 is 0.